The van der Waals surface area contributed by atoms with Crippen molar-refractivity contribution in [3.63, 3.8) is 0 Å². The lowest BCUT2D eigenvalue weighted by atomic mass is 9.98. The van der Waals surface area contributed by atoms with E-state index in [4.69, 9.17) is 4.74 Å². The number of fused-ring (bicyclic) bond motifs is 1. The lowest BCUT2D eigenvalue weighted by Gasteiger charge is -2.29. The Morgan fingerprint density at radius 1 is 0.971 bits per heavy atom. The third-order valence-corrected chi connectivity index (χ3v) is 7.08. The Balaban J connectivity index is 0.000000211. The van der Waals surface area contributed by atoms with Gasteiger partial charge >= 0.3 is 0 Å². The first-order valence-corrected chi connectivity index (χ1v) is 12.5. The van der Waals surface area contributed by atoms with Crippen molar-refractivity contribution in [2.24, 2.45) is 0 Å². The first-order chi connectivity index (χ1) is 17.1. The molecule has 2 N–H and O–H groups in total. The van der Waals surface area contributed by atoms with E-state index in [1.807, 2.05) is 18.2 Å². The van der Waals surface area contributed by atoms with Crippen molar-refractivity contribution >= 4 is 17.7 Å². The van der Waals surface area contributed by atoms with Crippen molar-refractivity contribution in [2.75, 3.05) is 13.1 Å². The van der Waals surface area contributed by atoms with Crippen LogP contribution < -0.4 is 15.4 Å². The summed E-state index contributed by atoms with van der Waals surface area (Å²) in [6.45, 7) is 2.45. The molecule has 3 amide bonds. The summed E-state index contributed by atoms with van der Waals surface area (Å²) in [5, 5.41) is 5.50. The van der Waals surface area contributed by atoms with Crippen LogP contribution in [0.15, 0.2) is 36.7 Å². The maximum atomic E-state index is 12.6. The number of ether oxygens (including phenoxy) is 1. The molecule has 0 radical (unpaired) electrons. The van der Waals surface area contributed by atoms with Gasteiger partial charge in [0.05, 0.1) is 6.10 Å². The molecule has 1 aliphatic carbocycles. The van der Waals surface area contributed by atoms with Crippen molar-refractivity contribution in [3.8, 4) is 5.75 Å². The number of aromatic nitrogens is 2. The lowest BCUT2D eigenvalue weighted by molar-refractivity contribution is -0.136. The zero-order valence-corrected chi connectivity index (χ0v) is 19.7. The van der Waals surface area contributed by atoms with Crippen molar-refractivity contribution < 1.29 is 19.1 Å². The van der Waals surface area contributed by atoms with Crippen molar-refractivity contribution in [3.05, 3.63) is 53.6 Å². The van der Waals surface area contributed by atoms with Gasteiger partial charge in [0.25, 0.3) is 5.91 Å². The molecule has 3 fully saturated rings. The fourth-order valence-corrected chi connectivity index (χ4v) is 4.99. The summed E-state index contributed by atoms with van der Waals surface area (Å²) in [6.07, 6.45) is 10.4. The molecule has 0 spiro atoms. The number of hydrogen-bond donors (Lipinski definition) is 2. The van der Waals surface area contributed by atoms with E-state index in [9.17, 15) is 14.4 Å². The van der Waals surface area contributed by atoms with E-state index in [1.54, 1.807) is 23.4 Å². The van der Waals surface area contributed by atoms with Gasteiger partial charge in [-0.05, 0) is 61.9 Å². The third-order valence-electron chi connectivity index (χ3n) is 7.08. The molecule has 9 nitrogen and oxygen atoms in total. The number of carbonyl (C=O) groups is 3. The highest BCUT2D eigenvalue weighted by atomic mass is 16.5. The zero-order chi connectivity index (χ0) is 24.2. The molecule has 1 aromatic heterocycles. The second-order valence-electron chi connectivity index (χ2n) is 9.56. The van der Waals surface area contributed by atoms with Crippen LogP contribution in [-0.4, -0.2) is 57.8 Å². The number of benzene rings is 1. The average Bonchev–Trinajstić information content (AvgIpc) is 3.15. The van der Waals surface area contributed by atoms with E-state index in [-0.39, 0.29) is 30.2 Å². The number of rotatable bonds is 4. The summed E-state index contributed by atoms with van der Waals surface area (Å²) >= 11 is 0. The second kappa shape index (κ2) is 10.5. The predicted molar refractivity (Wildman–Crippen MR) is 128 cm³/mol. The molecule has 35 heavy (non-hydrogen) atoms. The first-order valence-electron chi connectivity index (χ1n) is 12.5. The molecule has 1 unspecified atom stereocenters. The molecule has 2 saturated heterocycles. The predicted octanol–water partition coefficient (Wildman–Crippen LogP) is 2.32. The summed E-state index contributed by atoms with van der Waals surface area (Å²) in [4.78, 5) is 45.9. The molecule has 6 rings (SSSR count). The van der Waals surface area contributed by atoms with Crippen LogP contribution in [-0.2, 0) is 16.1 Å². The molecule has 4 heterocycles. The maximum absolute atomic E-state index is 12.6. The maximum Gasteiger partial charge on any atom is 0.255 e. The van der Waals surface area contributed by atoms with Gasteiger partial charge in [0.2, 0.25) is 11.8 Å². The van der Waals surface area contributed by atoms with Gasteiger partial charge in [-0.2, -0.15) is 0 Å². The van der Waals surface area contributed by atoms with E-state index in [0.717, 1.165) is 43.1 Å². The Morgan fingerprint density at radius 2 is 1.74 bits per heavy atom. The summed E-state index contributed by atoms with van der Waals surface area (Å²) < 4.78 is 6.08. The minimum absolute atomic E-state index is 0.145. The van der Waals surface area contributed by atoms with Gasteiger partial charge in [0, 0.05) is 49.9 Å². The number of piperidine rings is 1. The number of nitrogens with one attached hydrogen (secondary N) is 2. The fraction of sp³-hybridized carbons (Fsp3) is 0.500. The van der Waals surface area contributed by atoms with Crippen LogP contribution in [0.4, 0.5) is 0 Å². The highest BCUT2D eigenvalue weighted by molar-refractivity contribution is 6.05. The SMILES string of the molecule is O=C1CCC(N2Cc3cc(OC4CCCCC4)ccc3C2=O)C(=O)N1.c1cnc(C2CNC2)nc1. The van der Waals surface area contributed by atoms with Crippen LogP contribution in [0.1, 0.15) is 72.6 Å². The highest BCUT2D eigenvalue weighted by Crippen LogP contribution is 2.31. The zero-order valence-electron chi connectivity index (χ0n) is 19.7. The Morgan fingerprint density at radius 3 is 2.43 bits per heavy atom. The number of amides is 3. The Kier molecular flexibility index (Phi) is 7.03. The van der Waals surface area contributed by atoms with Gasteiger partial charge in [-0.1, -0.05) is 6.42 Å². The van der Waals surface area contributed by atoms with Crippen LogP contribution >= 0.6 is 0 Å². The monoisotopic (exact) mass is 477 g/mol. The number of nitrogens with zero attached hydrogens (tertiary/aromatic N) is 3. The largest absolute Gasteiger partial charge is 0.490 e. The molecule has 4 aliphatic rings. The molecule has 9 heteroatoms. The van der Waals surface area contributed by atoms with Gasteiger partial charge < -0.3 is 15.0 Å². The third kappa shape index (κ3) is 5.35. The van der Waals surface area contributed by atoms with Crippen molar-refractivity contribution in [1.82, 2.24) is 25.5 Å². The highest BCUT2D eigenvalue weighted by Gasteiger charge is 2.39. The van der Waals surface area contributed by atoms with Crippen molar-refractivity contribution in [1.29, 1.82) is 0 Å². The van der Waals surface area contributed by atoms with Gasteiger partial charge in [0.15, 0.2) is 0 Å². The van der Waals surface area contributed by atoms with E-state index in [1.165, 1.54) is 19.3 Å². The van der Waals surface area contributed by atoms with Crippen LogP contribution in [0, 0.1) is 0 Å². The normalized spacial score (nSPS) is 22.6. The number of hydrogen-bond acceptors (Lipinski definition) is 7. The molecule has 0 bridgehead atoms. The first kappa shape index (κ1) is 23.4. The second-order valence-corrected chi connectivity index (χ2v) is 9.56. The number of carbonyl (C=O) groups excluding carboxylic acids is 3. The molecule has 1 aromatic carbocycles. The Bertz CT molecular complexity index is 1080. The van der Waals surface area contributed by atoms with E-state index >= 15 is 0 Å². The smallest absolute Gasteiger partial charge is 0.255 e. The topological polar surface area (TPSA) is 114 Å². The minimum Gasteiger partial charge on any atom is -0.490 e. The Hall–Kier alpha value is -3.33. The standard InChI is InChI=1S/C19H22N2O4.C7H9N3/c22-17-9-8-16(18(23)20-17)21-11-12-10-14(6-7-15(12)19(21)24)25-13-4-2-1-3-5-13;1-2-9-7(10-3-1)6-4-8-5-6/h6-7,10,13,16H,1-5,8-9,11H2,(H,20,22,23);1-3,6,8H,4-5H2. The molecule has 1 saturated carbocycles. The van der Waals surface area contributed by atoms with Crippen molar-refractivity contribution in [2.45, 2.75) is 69.6 Å². The van der Waals surface area contributed by atoms with Crippen LogP contribution in [0.3, 0.4) is 0 Å². The lowest BCUT2D eigenvalue weighted by Crippen LogP contribution is -2.52. The van der Waals surface area contributed by atoms with Crippen LogP contribution in [0.2, 0.25) is 0 Å². The van der Waals surface area contributed by atoms with Gasteiger partial charge in [-0.3, -0.25) is 19.7 Å². The van der Waals surface area contributed by atoms with Gasteiger partial charge in [-0.15, -0.1) is 0 Å². The van der Waals surface area contributed by atoms with Crippen LogP contribution in [0.25, 0.3) is 0 Å². The summed E-state index contributed by atoms with van der Waals surface area (Å²) in [5.41, 5.74) is 1.52. The van der Waals surface area contributed by atoms with E-state index in [2.05, 4.69) is 20.6 Å². The molecule has 3 aliphatic heterocycles. The average molecular weight is 478 g/mol. The number of imide groups is 1. The quantitative estimate of drug-likeness (QED) is 0.650. The molecule has 184 valence electrons. The molecular formula is C26H31N5O4. The van der Waals surface area contributed by atoms with Gasteiger partial charge in [-0.25, -0.2) is 9.97 Å². The molecule has 1 atom stereocenters. The summed E-state index contributed by atoms with van der Waals surface area (Å²) in [6, 6.07) is 6.84. The Labute approximate surface area is 204 Å². The minimum atomic E-state index is -0.569. The van der Waals surface area contributed by atoms with E-state index < -0.39 is 6.04 Å². The summed E-state index contributed by atoms with van der Waals surface area (Å²) in [5.74, 6) is 1.53. The van der Waals surface area contributed by atoms with Gasteiger partial charge in [0.1, 0.15) is 17.6 Å². The fourth-order valence-electron chi connectivity index (χ4n) is 4.99. The van der Waals surface area contributed by atoms with E-state index in [0.29, 0.717) is 24.4 Å². The summed E-state index contributed by atoms with van der Waals surface area (Å²) in [7, 11) is 0. The molecular weight excluding hydrogens is 446 g/mol. The molecule has 2 aromatic rings. The van der Waals surface area contributed by atoms with Crippen LogP contribution in [0.5, 0.6) is 5.75 Å².